The van der Waals surface area contributed by atoms with Crippen molar-refractivity contribution < 1.29 is 0 Å². The first-order chi connectivity index (χ1) is 12.0. The van der Waals surface area contributed by atoms with E-state index in [0.29, 0.717) is 5.69 Å². The van der Waals surface area contributed by atoms with Gasteiger partial charge in [0.15, 0.2) is 5.69 Å². The van der Waals surface area contributed by atoms with Crippen molar-refractivity contribution in [1.29, 1.82) is 0 Å². The molecule has 0 N–H and O–H groups in total. The first kappa shape index (κ1) is 15.9. The Balaban J connectivity index is 2.02. The minimum Gasteiger partial charge on any atom is -0.238 e. The third-order valence-electron chi connectivity index (χ3n) is 4.67. The number of nitrogens with zero attached hydrogens (tertiary/aromatic N) is 1. The molecule has 2 heteroatoms. The summed E-state index contributed by atoms with van der Waals surface area (Å²) in [6, 6.07) is 21.3. The number of fused-ring (bicyclic) bond motifs is 3. The van der Waals surface area contributed by atoms with Crippen LogP contribution in [0.1, 0.15) is 26.3 Å². The Kier molecular flexibility index (Phi) is 3.63. The minimum absolute atomic E-state index is 0.134. The standard InChI is InChI=1S/C23H19NS/c1-23(2,3)16-10-13-20-19(14-16)22-18(6-5-7-21(22)25-20)15-8-11-17(24-4)12-9-15/h5-14H,1-3H3. The van der Waals surface area contributed by atoms with Crippen LogP contribution in [0.5, 0.6) is 0 Å². The molecule has 4 aromatic rings. The molecule has 1 heterocycles. The van der Waals surface area contributed by atoms with Gasteiger partial charge in [0.2, 0.25) is 0 Å². The molecule has 0 bridgehead atoms. The second-order valence-electron chi connectivity index (χ2n) is 7.40. The average Bonchev–Trinajstić information content (AvgIpc) is 2.99. The van der Waals surface area contributed by atoms with Crippen molar-refractivity contribution in [1.82, 2.24) is 0 Å². The second kappa shape index (κ2) is 5.72. The number of rotatable bonds is 1. The molecule has 0 unspecified atom stereocenters. The summed E-state index contributed by atoms with van der Waals surface area (Å²) >= 11 is 1.85. The second-order valence-corrected chi connectivity index (χ2v) is 8.48. The van der Waals surface area contributed by atoms with E-state index in [9.17, 15) is 0 Å². The quantitative estimate of drug-likeness (QED) is 0.314. The molecule has 0 saturated carbocycles. The van der Waals surface area contributed by atoms with Crippen LogP contribution in [0.15, 0.2) is 60.7 Å². The van der Waals surface area contributed by atoms with Crippen molar-refractivity contribution in [3.8, 4) is 11.1 Å². The van der Waals surface area contributed by atoms with Gasteiger partial charge in [0.1, 0.15) is 0 Å². The highest BCUT2D eigenvalue weighted by Crippen LogP contribution is 2.41. The summed E-state index contributed by atoms with van der Waals surface area (Å²) in [5, 5.41) is 2.65. The lowest BCUT2D eigenvalue weighted by Gasteiger charge is -2.19. The van der Waals surface area contributed by atoms with Crippen molar-refractivity contribution >= 4 is 37.2 Å². The van der Waals surface area contributed by atoms with Gasteiger partial charge in [0, 0.05) is 20.2 Å². The van der Waals surface area contributed by atoms with Crippen LogP contribution in [0.3, 0.4) is 0 Å². The molecule has 0 amide bonds. The van der Waals surface area contributed by atoms with E-state index in [-0.39, 0.29) is 5.41 Å². The van der Waals surface area contributed by atoms with E-state index in [1.807, 2.05) is 23.5 Å². The summed E-state index contributed by atoms with van der Waals surface area (Å²) in [5.74, 6) is 0. The highest BCUT2D eigenvalue weighted by atomic mass is 32.1. The zero-order valence-corrected chi connectivity index (χ0v) is 15.4. The van der Waals surface area contributed by atoms with Gasteiger partial charge in [-0.05, 0) is 40.3 Å². The monoisotopic (exact) mass is 341 g/mol. The molecule has 0 aliphatic rings. The Morgan fingerprint density at radius 2 is 1.64 bits per heavy atom. The summed E-state index contributed by atoms with van der Waals surface area (Å²) in [5.41, 5.74) is 4.58. The first-order valence-corrected chi connectivity index (χ1v) is 9.23. The lowest BCUT2D eigenvalue weighted by Crippen LogP contribution is -2.10. The van der Waals surface area contributed by atoms with Crippen LogP contribution >= 0.6 is 11.3 Å². The van der Waals surface area contributed by atoms with E-state index in [2.05, 4.69) is 74.1 Å². The van der Waals surface area contributed by atoms with Crippen molar-refractivity contribution in [3.63, 3.8) is 0 Å². The van der Waals surface area contributed by atoms with Gasteiger partial charge >= 0.3 is 0 Å². The Hall–Kier alpha value is -2.63. The minimum atomic E-state index is 0.134. The summed E-state index contributed by atoms with van der Waals surface area (Å²) in [4.78, 5) is 3.50. The van der Waals surface area contributed by atoms with Gasteiger partial charge < -0.3 is 0 Å². The molecule has 0 spiro atoms. The molecule has 0 atom stereocenters. The van der Waals surface area contributed by atoms with Crippen LogP contribution in [0.25, 0.3) is 36.1 Å². The first-order valence-electron chi connectivity index (χ1n) is 8.41. The normalized spacial score (nSPS) is 11.8. The molecular weight excluding hydrogens is 322 g/mol. The number of hydrogen-bond donors (Lipinski definition) is 0. The summed E-state index contributed by atoms with van der Waals surface area (Å²) in [6.07, 6.45) is 0. The van der Waals surface area contributed by atoms with Crippen LogP contribution in [-0.2, 0) is 5.41 Å². The van der Waals surface area contributed by atoms with Crippen LogP contribution < -0.4 is 0 Å². The van der Waals surface area contributed by atoms with Gasteiger partial charge in [-0.3, -0.25) is 0 Å². The largest absolute Gasteiger partial charge is 0.238 e. The maximum Gasteiger partial charge on any atom is 0.187 e. The Morgan fingerprint density at radius 1 is 0.880 bits per heavy atom. The summed E-state index contributed by atoms with van der Waals surface area (Å²) in [6.45, 7) is 13.9. The van der Waals surface area contributed by atoms with Gasteiger partial charge in [-0.1, -0.05) is 63.2 Å². The molecule has 0 saturated heterocycles. The summed E-state index contributed by atoms with van der Waals surface area (Å²) < 4.78 is 2.64. The van der Waals surface area contributed by atoms with Gasteiger partial charge in [0.25, 0.3) is 0 Å². The van der Waals surface area contributed by atoms with Gasteiger partial charge in [-0.25, -0.2) is 4.85 Å². The Morgan fingerprint density at radius 3 is 2.32 bits per heavy atom. The smallest absolute Gasteiger partial charge is 0.187 e. The Bertz CT molecular complexity index is 1120. The van der Waals surface area contributed by atoms with Crippen molar-refractivity contribution in [2.24, 2.45) is 0 Å². The highest BCUT2D eigenvalue weighted by Gasteiger charge is 2.17. The van der Waals surface area contributed by atoms with Crippen molar-refractivity contribution in [3.05, 3.63) is 77.6 Å². The van der Waals surface area contributed by atoms with E-state index >= 15 is 0 Å². The lowest BCUT2D eigenvalue weighted by molar-refractivity contribution is 0.591. The van der Waals surface area contributed by atoms with Crippen LogP contribution in [0.2, 0.25) is 0 Å². The molecule has 3 aromatic carbocycles. The molecule has 4 rings (SSSR count). The molecule has 0 radical (unpaired) electrons. The fourth-order valence-corrected chi connectivity index (χ4v) is 4.36. The number of thiophene rings is 1. The van der Waals surface area contributed by atoms with E-state index < -0.39 is 0 Å². The third-order valence-corrected chi connectivity index (χ3v) is 5.80. The fourth-order valence-electron chi connectivity index (χ4n) is 3.25. The maximum absolute atomic E-state index is 7.14. The lowest BCUT2D eigenvalue weighted by atomic mass is 9.86. The molecule has 0 aliphatic carbocycles. The molecule has 1 nitrogen and oxygen atoms in total. The van der Waals surface area contributed by atoms with Gasteiger partial charge in [-0.15, -0.1) is 11.3 Å². The Labute approximate surface area is 152 Å². The fraction of sp³-hybridized carbons (Fsp3) is 0.174. The third kappa shape index (κ3) is 2.71. The zero-order valence-electron chi connectivity index (χ0n) is 14.6. The van der Waals surface area contributed by atoms with E-state index in [4.69, 9.17) is 6.57 Å². The van der Waals surface area contributed by atoms with Crippen molar-refractivity contribution in [2.45, 2.75) is 26.2 Å². The van der Waals surface area contributed by atoms with E-state index in [1.54, 1.807) is 0 Å². The van der Waals surface area contributed by atoms with Crippen molar-refractivity contribution in [2.75, 3.05) is 0 Å². The zero-order chi connectivity index (χ0) is 17.6. The highest BCUT2D eigenvalue weighted by molar-refractivity contribution is 7.25. The maximum atomic E-state index is 7.14. The van der Waals surface area contributed by atoms with E-state index in [0.717, 1.165) is 0 Å². The molecular formula is C23H19NS. The topological polar surface area (TPSA) is 4.36 Å². The van der Waals surface area contributed by atoms with Gasteiger partial charge in [-0.2, -0.15) is 0 Å². The molecule has 122 valence electrons. The van der Waals surface area contributed by atoms with Crippen LogP contribution in [0, 0.1) is 6.57 Å². The van der Waals surface area contributed by atoms with Crippen LogP contribution in [-0.4, -0.2) is 0 Å². The summed E-state index contributed by atoms with van der Waals surface area (Å²) in [7, 11) is 0. The molecule has 0 aliphatic heterocycles. The molecule has 1 aromatic heterocycles. The number of benzene rings is 3. The predicted octanol–water partition coefficient (Wildman–Crippen LogP) is 7.57. The van der Waals surface area contributed by atoms with E-state index in [1.165, 1.54) is 36.9 Å². The average molecular weight is 341 g/mol. The number of hydrogen-bond acceptors (Lipinski definition) is 1. The predicted molar refractivity (Wildman–Crippen MR) is 110 cm³/mol. The van der Waals surface area contributed by atoms with Gasteiger partial charge in [0.05, 0.1) is 6.57 Å². The van der Waals surface area contributed by atoms with Crippen LogP contribution in [0.4, 0.5) is 5.69 Å². The molecule has 0 fully saturated rings. The SMILES string of the molecule is [C-]#[N+]c1ccc(-c2cccc3sc4ccc(C(C)(C)C)cc4c23)cc1. The molecule has 25 heavy (non-hydrogen) atoms.